The Balaban J connectivity index is 2.14. The lowest BCUT2D eigenvalue weighted by Crippen LogP contribution is -2.31. The maximum Gasteiger partial charge on any atom is 0.414 e. The van der Waals surface area contributed by atoms with Crippen molar-refractivity contribution >= 4 is 34.0 Å². The second kappa shape index (κ2) is 9.13. The van der Waals surface area contributed by atoms with Gasteiger partial charge in [-0.2, -0.15) is 0 Å². The Bertz CT molecular complexity index is 816. The summed E-state index contributed by atoms with van der Waals surface area (Å²) in [6.07, 6.45) is 2.79. The molecule has 0 aromatic carbocycles. The summed E-state index contributed by atoms with van der Waals surface area (Å²) in [5.41, 5.74) is 4.18. The molecule has 1 amide bonds. The van der Waals surface area contributed by atoms with Gasteiger partial charge in [0, 0.05) is 30.3 Å². The minimum atomic E-state index is -0.403. The molecular weight excluding hydrogens is 362 g/mol. The standard InChI is InChI=1S/C21H27NO4S/c1-6-22(21(25)26-7-2)20-15(5)17(12-27-20)18(23)9-8-16-14(4)10-13(3)11-19(16)24/h10,12H,6-9,11H2,1-5H3. The van der Waals surface area contributed by atoms with Crippen LogP contribution in [0.15, 0.2) is 28.2 Å². The Morgan fingerprint density at radius 3 is 2.52 bits per heavy atom. The highest BCUT2D eigenvalue weighted by molar-refractivity contribution is 7.15. The highest BCUT2D eigenvalue weighted by atomic mass is 32.1. The predicted octanol–water partition coefficient (Wildman–Crippen LogP) is 5.24. The molecule has 1 aromatic rings. The van der Waals surface area contributed by atoms with Gasteiger partial charge in [0.05, 0.1) is 6.61 Å². The molecule has 0 aliphatic heterocycles. The molecule has 0 N–H and O–H groups in total. The van der Waals surface area contributed by atoms with E-state index >= 15 is 0 Å². The van der Waals surface area contributed by atoms with Gasteiger partial charge in [-0.15, -0.1) is 11.3 Å². The van der Waals surface area contributed by atoms with Gasteiger partial charge < -0.3 is 4.74 Å². The molecule has 1 heterocycles. The van der Waals surface area contributed by atoms with Gasteiger partial charge in [0.25, 0.3) is 0 Å². The molecule has 0 saturated heterocycles. The number of rotatable bonds is 7. The Hall–Kier alpha value is -2.21. The number of nitrogens with zero attached hydrogens (tertiary/aromatic N) is 1. The lowest BCUT2D eigenvalue weighted by atomic mass is 9.89. The van der Waals surface area contributed by atoms with Crippen molar-refractivity contribution in [3.63, 3.8) is 0 Å². The molecule has 0 fully saturated rings. The summed E-state index contributed by atoms with van der Waals surface area (Å²) in [5, 5.41) is 2.53. The van der Waals surface area contributed by atoms with Gasteiger partial charge in [-0.1, -0.05) is 11.6 Å². The molecule has 2 rings (SSSR count). The number of anilines is 1. The van der Waals surface area contributed by atoms with E-state index in [1.807, 2.05) is 33.8 Å². The Morgan fingerprint density at radius 2 is 1.93 bits per heavy atom. The number of carbonyl (C=O) groups excluding carboxylic acids is 3. The van der Waals surface area contributed by atoms with Crippen molar-refractivity contribution in [2.45, 2.75) is 53.9 Å². The Labute approximate surface area is 164 Å². The van der Waals surface area contributed by atoms with Gasteiger partial charge in [-0.05, 0) is 57.7 Å². The molecule has 146 valence electrons. The second-order valence-electron chi connectivity index (χ2n) is 6.70. The average molecular weight is 390 g/mol. The molecule has 0 atom stereocenters. The average Bonchev–Trinajstić information content (AvgIpc) is 2.96. The molecule has 0 unspecified atom stereocenters. The molecule has 1 aliphatic rings. The molecule has 1 aliphatic carbocycles. The lowest BCUT2D eigenvalue weighted by Gasteiger charge is -2.19. The van der Waals surface area contributed by atoms with Crippen LogP contribution in [0.4, 0.5) is 9.80 Å². The third-order valence-corrected chi connectivity index (χ3v) is 5.78. The molecule has 1 aromatic heterocycles. The van der Waals surface area contributed by atoms with Crippen LogP contribution in [0.1, 0.15) is 62.9 Å². The first-order valence-corrected chi connectivity index (χ1v) is 10.1. The predicted molar refractivity (Wildman–Crippen MR) is 109 cm³/mol. The third-order valence-electron chi connectivity index (χ3n) is 4.68. The minimum Gasteiger partial charge on any atom is -0.449 e. The van der Waals surface area contributed by atoms with Gasteiger partial charge in [0.1, 0.15) is 5.00 Å². The number of carbonyl (C=O) groups is 3. The zero-order valence-electron chi connectivity index (χ0n) is 16.7. The quantitative estimate of drug-likeness (QED) is 0.598. The molecule has 0 radical (unpaired) electrons. The molecule has 6 heteroatoms. The maximum atomic E-state index is 12.7. The lowest BCUT2D eigenvalue weighted by molar-refractivity contribution is -0.115. The maximum absolute atomic E-state index is 12.7. The zero-order chi connectivity index (χ0) is 20.1. The van der Waals surface area contributed by atoms with Crippen LogP contribution in [0.5, 0.6) is 0 Å². The first-order valence-electron chi connectivity index (χ1n) is 9.25. The van der Waals surface area contributed by atoms with E-state index in [9.17, 15) is 14.4 Å². The highest BCUT2D eigenvalue weighted by Crippen LogP contribution is 2.33. The molecule has 0 spiro atoms. The van der Waals surface area contributed by atoms with Crippen LogP contribution in [0, 0.1) is 6.92 Å². The van der Waals surface area contributed by atoms with E-state index in [0.29, 0.717) is 31.6 Å². The van der Waals surface area contributed by atoms with E-state index < -0.39 is 6.09 Å². The van der Waals surface area contributed by atoms with E-state index in [1.165, 1.54) is 11.3 Å². The normalized spacial score (nSPS) is 14.3. The van der Waals surface area contributed by atoms with Crippen LogP contribution in [0.3, 0.4) is 0 Å². The summed E-state index contributed by atoms with van der Waals surface area (Å²) in [5.74, 6) is 0.108. The summed E-state index contributed by atoms with van der Waals surface area (Å²) in [6, 6.07) is 0. The molecule has 5 nitrogen and oxygen atoms in total. The highest BCUT2D eigenvalue weighted by Gasteiger charge is 2.24. The summed E-state index contributed by atoms with van der Waals surface area (Å²) in [4.78, 5) is 38.6. The van der Waals surface area contributed by atoms with Crippen molar-refractivity contribution in [2.75, 3.05) is 18.1 Å². The van der Waals surface area contributed by atoms with E-state index in [2.05, 4.69) is 0 Å². The molecule has 0 bridgehead atoms. The Kier molecular flexibility index (Phi) is 7.13. The number of amides is 1. The SMILES string of the molecule is CCOC(=O)N(CC)c1scc(C(=O)CCC2=C(C)C=C(C)CC2=O)c1C. The van der Waals surface area contributed by atoms with E-state index in [-0.39, 0.29) is 18.0 Å². The topological polar surface area (TPSA) is 63.7 Å². The van der Waals surface area contributed by atoms with E-state index in [1.54, 1.807) is 17.2 Å². The number of Topliss-reactive ketones (excluding diaryl/α,β-unsaturated/α-hetero) is 2. The fourth-order valence-corrected chi connectivity index (χ4v) is 4.46. The van der Waals surface area contributed by atoms with Crippen molar-refractivity contribution in [3.8, 4) is 0 Å². The fourth-order valence-electron chi connectivity index (χ4n) is 3.30. The number of hydrogen-bond acceptors (Lipinski definition) is 5. The van der Waals surface area contributed by atoms with Crippen molar-refractivity contribution in [3.05, 3.63) is 39.3 Å². The first-order chi connectivity index (χ1) is 12.8. The second-order valence-corrected chi connectivity index (χ2v) is 7.56. The van der Waals surface area contributed by atoms with Crippen LogP contribution < -0.4 is 4.90 Å². The summed E-state index contributed by atoms with van der Waals surface area (Å²) in [7, 11) is 0. The van der Waals surface area contributed by atoms with Crippen molar-refractivity contribution in [1.82, 2.24) is 0 Å². The monoisotopic (exact) mass is 389 g/mol. The van der Waals surface area contributed by atoms with Crippen LogP contribution >= 0.6 is 11.3 Å². The number of ether oxygens (including phenoxy) is 1. The van der Waals surface area contributed by atoms with Crippen molar-refractivity contribution < 1.29 is 19.1 Å². The Morgan fingerprint density at radius 1 is 1.22 bits per heavy atom. The van der Waals surface area contributed by atoms with Crippen molar-refractivity contribution in [1.29, 1.82) is 0 Å². The van der Waals surface area contributed by atoms with Crippen LogP contribution in [-0.4, -0.2) is 30.8 Å². The van der Waals surface area contributed by atoms with Gasteiger partial charge >= 0.3 is 6.09 Å². The smallest absolute Gasteiger partial charge is 0.414 e. The molecule has 27 heavy (non-hydrogen) atoms. The number of hydrogen-bond donors (Lipinski definition) is 0. The van der Waals surface area contributed by atoms with Crippen LogP contribution in [-0.2, 0) is 9.53 Å². The third kappa shape index (κ3) is 4.75. The first kappa shape index (κ1) is 21.1. The molecule has 0 saturated carbocycles. The van der Waals surface area contributed by atoms with Crippen LogP contribution in [0.2, 0.25) is 0 Å². The van der Waals surface area contributed by atoms with Crippen LogP contribution in [0.25, 0.3) is 0 Å². The largest absolute Gasteiger partial charge is 0.449 e. The number of thiophene rings is 1. The minimum absolute atomic E-state index is 0.00529. The van der Waals surface area contributed by atoms with E-state index in [4.69, 9.17) is 4.74 Å². The summed E-state index contributed by atoms with van der Waals surface area (Å²) >= 11 is 1.37. The zero-order valence-corrected chi connectivity index (χ0v) is 17.5. The van der Waals surface area contributed by atoms with Gasteiger partial charge in [0.2, 0.25) is 0 Å². The number of ketones is 2. The number of allylic oxidation sites excluding steroid dienone is 4. The van der Waals surface area contributed by atoms with E-state index in [0.717, 1.165) is 27.3 Å². The van der Waals surface area contributed by atoms with Gasteiger partial charge in [-0.25, -0.2) is 4.79 Å². The van der Waals surface area contributed by atoms with Gasteiger partial charge in [0.15, 0.2) is 11.6 Å². The molecular formula is C21H27NO4S. The van der Waals surface area contributed by atoms with Gasteiger partial charge in [-0.3, -0.25) is 14.5 Å². The fraction of sp³-hybridized carbons (Fsp3) is 0.476. The summed E-state index contributed by atoms with van der Waals surface area (Å²) < 4.78 is 5.09. The summed E-state index contributed by atoms with van der Waals surface area (Å²) in [6.45, 7) is 10.1. The van der Waals surface area contributed by atoms with Crippen molar-refractivity contribution in [2.24, 2.45) is 0 Å².